The molecule has 0 amide bonds. The Labute approximate surface area is 99.4 Å². The van der Waals surface area contributed by atoms with Crippen molar-refractivity contribution >= 4 is 0 Å². The summed E-state index contributed by atoms with van der Waals surface area (Å²) in [4.78, 5) is 0. The first-order valence-electron chi connectivity index (χ1n) is 7.45. The van der Waals surface area contributed by atoms with E-state index in [4.69, 9.17) is 0 Å². The molecular weight excluding hydrogens is 194 g/mol. The third-order valence-corrected chi connectivity index (χ3v) is 5.99. The average Bonchev–Trinajstić information content (AvgIpc) is 2.97. The highest BCUT2D eigenvalue weighted by Crippen LogP contribution is 2.61. The van der Waals surface area contributed by atoms with E-state index in [1.807, 2.05) is 0 Å². The van der Waals surface area contributed by atoms with Crippen molar-refractivity contribution in [2.45, 2.75) is 57.9 Å². The molecule has 0 aromatic carbocycles. The van der Waals surface area contributed by atoms with Crippen molar-refractivity contribution in [1.29, 1.82) is 0 Å². The van der Waals surface area contributed by atoms with E-state index in [2.05, 4.69) is 12.2 Å². The fourth-order valence-electron chi connectivity index (χ4n) is 5.46. The van der Waals surface area contributed by atoms with Gasteiger partial charge in [0.2, 0.25) is 0 Å². The molecule has 16 heavy (non-hydrogen) atoms. The molecule has 5 fully saturated rings. The predicted octanol–water partition coefficient (Wildman–Crippen LogP) is 3.20. The molecule has 0 spiro atoms. The van der Waals surface area contributed by atoms with Crippen LogP contribution >= 0.6 is 0 Å². The molecule has 1 heteroatoms. The zero-order valence-corrected chi connectivity index (χ0v) is 10.5. The molecule has 5 aliphatic carbocycles. The molecule has 5 saturated carbocycles. The maximum atomic E-state index is 3.80. The quantitative estimate of drug-likeness (QED) is 0.768. The summed E-state index contributed by atoms with van der Waals surface area (Å²) in [5.74, 6) is 4.33. The normalized spacial score (nSPS) is 54.6. The zero-order valence-electron chi connectivity index (χ0n) is 10.5. The van der Waals surface area contributed by atoms with Gasteiger partial charge in [0.15, 0.2) is 0 Å². The molecule has 0 aromatic heterocycles. The van der Waals surface area contributed by atoms with Gasteiger partial charge in [0.25, 0.3) is 0 Å². The Hall–Kier alpha value is -0.0400. The van der Waals surface area contributed by atoms with Gasteiger partial charge in [0.1, 0.15) is 0 Å². The molecule has 2 unspecified atom stereocenters. The van der Waals surface area contributed by atoms with Crippen molar-refractivity contribution < 1.29 is 0 Å². The van der Waals surface area contributed by atoms with Gasteiger partial charge >= 0.3 is 0 Å². The van der Waals surface area contributed by atoms with E-state index in [1.165, 1.54) is 19.4 Å². The molecule has 90 valence electrons. The molecule has 5 aliphatic rings. The van der Waals surface area contributed by atoms with Crippen LogP contribution in [0.3, 0.4) is 0 Å². The van der Waals surface area contributed by atoms with Gasteiger partial charge in [-0.1, -0.05) is 6.92 Å². The van der Waals surface area contributed by atoms with Crippen molar-refractivity contribution in [1.82, 2.24) is 5.32 Å². The molecule has 0 radical (unpaired) electrons. The highest BCUT2D eigenvalue weighted by molar-refractivity contribution is 5.03. The van der Waals surface area contributed by atoms with Crippen LogP contribution in [0.5, 0.6) is 0 Å². The summed E-state index contributed by atoms with van der Waals surface area (Å²) in [5.41, 5.74) is 0.757. The fourth-order valence-corrected chi connectivity index (χ4v) is 5.46. The highest BCUT2D eigenvalue weighted by Gasteiger charge is 2.52. The van der Waals surface area contributed by atoms with E-state index in [9.17, 15) is 0 Å². The second-order valence-corrected chi connectivity index (χ2v) is 7.63. The Kier molecular flexibility index (Phi) is 2.02. The summed E-state index contributed by atoms with van der Waals surface area (Å²) in [6.07, 6.45) is 10.7. The number of hydrogen-bond acceptors (Lipinski definition) is 1. The SMILES string of the molecule is CC12CC3CC(C1)C(CNC1CC1)C(C3)C2. The molecule has 0 heterocycles. The zero-order chi connectivity index (χ0) is 10.8. The summed E-state index contributed by atoms with van der Waals surface area (Å²) in [6.45, 7) is 3.92. The third kappa shape index (κ3) is 1.54. The topological polar surface area (TPSA) is 12.0 Å². The average molecular weight is 219 g/mol. The van der Waals surface area contributed by atoms with Crippen molar-refractivity contribution in [3.63, 3.8) is 0 Å². The maximum absolute atomic E-state index is 3.80. The van der Waals surface area contributed by atoms with Crippen LogP contribution in [-0.2, 0) is 0 Å². The molecule has 0 saturated heterocycles. The minimum absolute atomic E-state index is 0.757. The first-order valence-corrected chi connectivity index (χ1v) is 7.45. The Morgan fingerprint density at radius 2 is 1.75 bits per heavy atom. The van der Waals surface area contributed by atoms with Gasteiger partial charge in [-0.2, -0.15) is 0 Å². The fraction of sp³-hybridized carbons (Fsp3) is 1.00. The number of rotatable bonds is 3. The van der Waals surface area contributed by atoms with Crippen molar-refractivity contribution in [3.05, 3.63) is 0 Å². The molecule has 1 N–H and O–H groups in total. The van der Waals surface area contributed by atoms with Crippen LogP contribution in [0.1, 0.15) is 51.9 Å². The predicted molar refractivity (Wildman–Crippen MR) is 66.2 cm³/mol. The third-order valence-electron chi connectivity index (χ3n) is 5.99. The smallest absolute Gasteiger partial charge is 0.00683 e. The minimum atomic E-state index is 0.757. The van der Waals surface area contributed by atoms with Crippen LogP contribution in [0.25, 0.3) is 0 Å². The first kappa shape index (κ1) is 9.94. The summed E-state index contributed by atoms with van der Waals surface area (Å²) in [6, 6.07) is 0.910. The van der Waals surface area contributed by atoms with Crippen molar-refractivity contribution in [2.24, 2.45) is 29.1 Å². The van der Waals surface area contributed by atoms with Crippen LogP contribution in [0, 0.1) is 29.1 Å². The number of hydrogen-bond donors (Lipinski definition) is 1. The van der Waals surface area contributed by atoms with E-state index in [1.54, 1.807) is 32.1 Å². The lowest BCUT2D eigenvalue weighted by Gasteiger charge is -2.59. The summed E-state index contributed by atoms with van der Waals surface area (Å²) in [5, 5.41) is 3.80. The van der Waals surface area contributed by atoms with E-state index >= 15 is 0 Å². The Morgan fingerprint density at radius 3 is 2.31 bits per heavy atom. The van der Waals surface area contributed by atoms with Crippen molar-refractivity contribution in [2.75, 3.05) is 6.54 Å². The van der Waals surface area contributed by atoms with Gasteiger partial charge in [-0.15, -0.1) is 0 Å². The Morgan fingerprint density at radius 1 is 1.06 bits per heavy atom. The van der Waals surface area contributed by atoms with Gasteiger partial charge in [0.05, 0.1) is 0 Å². The molecule has 2 atom stereocenters. The second-order valence-electron chi connectivity index (χ2n) is 7.63. The van der Waals surface area contributed by atoms with Crippen LogP contribution < -0.4 is 5.32 Å². The van der Waals surface area contributed by atoms with Gasteiger partial charge in [0, 0.05) is 6.04 Å². The Bertz CT molecular complexity index is 278. The Balaban J connectivity index is 1.48. The number of nitrogens with one attached hydrogen (secondary N) is 1. The lowest BCUT2D eigenvalue weighted by Crippen LogP contribution is -2.52. The van der Waals surface area contributed by atoms with Crippen LogP contribution in [0.2, 0.25) is 0 Å². The molecule has 0 aliphatic heterocycles. The molecule has 5 rings (SSSR count). The second kappa shape index (κ2) is 3.25. The van der Waals surface area contributed by atoms with Gasteiger partial charge in [-0.25, -0.2) is 0 Å². The molecule has 0 aromatic rings. The van der Waals surface area contributed by atoms with Crippen LogP contribution in [0.15, 0.2) is 0 Å². The lowest BCUT2D eigenvalue weighted by atomic mass is 9.47. The molecule has 4 bridgehead atoms. The van der Waals surface area contributed by atoms with Crippen molar-refractivity contribution in [3.8, 4) is 0 Å². The maximum Gasteiger partial charge on any atom is 0.00683 e. The molecular formula is C15H25N. The lowest BCUT2D eigenvalue weighted by molar-refractivity contribution is -0.0849. The van der Waals surface area contributed by atoms with E-state index in [0.29, 0.717) is 0 Å². The van der Waals surface area contributed by atoms with E-state index < -0.39 is 0 Å². The van der Waals surface area contributed by atoms with Gasteiger partial charge in [-0.3, -0.25) is 0 Å². The van der Waals surface area contributed by atoms with Crippen LogP contribution in [-0.4, -0.2) is 12.6 Å². The van der Waals surface area contributed by atoms with E-state index in [0.717, 1.165) is 35.1 Å². The summed E-state index contributed by atoms with van der Waals surface area (Å²) >= 11 is 0. The minimum Gasteiger partial charge on any atom is -0.314 e. The van der Waals surface area contributed by atoms with E-state index in [-0.39, 0.29) is 0 Å². The molecule has 1 nitrogen and oxygen atoms in total. The standard InChI is InChI=1S/C15H25N/c1-15-6-10-4-11(7-15)14(12(5-10)8-15)9-16-13-2-3-13/h10-14,16H,2-9H2,1H3. The van der Waals surface area contributed by atoms with Crippen LogP contribution in [0.4, 0.5) is 0 Å². The monoisotopic (exact) mass is 219 g/mol. The first-order chi connectivity index (χ1) is 7.72. The highest BCUT2D eigenvalue weighted by atomic mass is 15.0. The van der Waals surface area contributed by atoms with Gasteiger partial charge in [-0.05, 0) is 80.6 Å². The largest absolute Gasteiger partial charge is 0.314 e. The summed E-state index contributed by atoms with van der Waals surface area (Å²) in [7, 11) is 0. The van der Waals surface area contributed by atoms with Gasteiger partial charge < -0.3 is 5.32 Å². The summed E-state index contributed by atoms with van der Waals surface area (Å²) < 4.78 is 0.